The predicted octanol–water partition coefficient (Wildman–Crippen LogP) is 5.20. The summed E-state index contributed by atoms with van der Waals surface area (Å²) < 4.78 is 11.4. The van der Waals surface area contributed by atoms with E-state index in [0.29, 0.717) is 31.5 Å². The number of aromatic nitrogens is 1. The van der Waals surface area contributed by atoms with Crippen molar-refractivity contribution < 1.29 is 9.47 Å². The average molecular weight is 467 g/mol. The van der Waals surface area contributed by atoms with Crippen LogP contribution in [0.15, 0.2) is 53.8 Å². The summed E-state index contributed by atoms with van der Waals surface area (Å²) in [6.45, 7) is 18.8. The van der Waals surface area contributed by atoms with Gasteiger partial charge in [-0.2, -0.15) is 0 Å². The lowest BCUT2D eigenvalue weighted by Gasteiger charge is -2.23. The van der Waals surface area contributed by atoms with Crippen LogP contribution in [0.4, 0.5) is 0 Å². The molecule has 0 aliphatic rings. The van der Waals surface area contributed by atoms with E-state index in [1.807, 2.05) is 14.0 Å². The van der Waals surface area contributed by atoms with E-state index in [1.165, 1.54) is 5.56 Å². The van der Waals surface area contributed by atoms with Gasteiger partial charge in [0.15, 0.2) is 0 Å². The Kier molecular flexibility index (Phi) is 11.8. The quantitative estimate of drug-likeness (QED) is 0.235. The molecule has 0 saturated heterocycles. The molecule has 2 rings (SSSR count). The van der Waals surface area contributed by atoms with Crippen molar-refractivity contribution in [3.8, 4) is 11.3 Å². The molecule has 0 spiro atoms. The second-order valence-electron chi connectivity index (χ2n) is 9.01. The number of hydrogen-bond acceptors (Lipinski definition) is 5. The van der Waals surface area contributed by atoms with Crippen molar-refractivity contribution in [3.63, 3.8) is 0 Å². The van der Waals surface area contributed by atoms with Crippen molar-refractivity contribution in [3.05, 3.63) is 65.6 Å². The Morgan fingerprint density at radius 3 is 2.59 bits per heavy atom. The minimum atomic E-state index is 0.512. The van der Waals surface area contributed by atoms with Gasteiger partial charge >= 0.3 is 0 Å². The maximum Gasteiger partial charge on any atom is 0.139 e. The lowest BCUT2D eigenvalue weighted by atomic mass is 10.1. The van der Waals surface area contributed by atoms with Gasteiger partial charge in [-0.25, -0.2) is 4.99 Å². The number of likely N-dealkylation sites (N-methyl/N-ethyl adjacent to an activating group) is 1. The van der Waals surface area contributed by atoms with Crippen LogP contribution < -0.4 is 5.32 Å². The number of benzene rings is 1. The molecule has 0 amide bonds. The maximum atomic E-state index is 5.81. The van der Waals surface area contributed by atoms with Crippen molar-refractivity contribution in [2.24, 2.45) is 10.9 Å². The molecule has 0 radical (unpaired) electrons. The summed E-state index contributed by atoms with van der Waals surface area (Å²) in [5, 5.41) is 3.26. The molecule has 6 heteroatoms. The number of rotatable bonds is 14. The normalized spacial score (nSPS) is 11.7. The summed E-state index contributed by atoms with van der Waals surface area (Å²) >= 11 is 0. The van der Waals surface area contributed by atoms with Gasteiger partial charge in [0.25, 0.3) is 0 Å². The van der Waals surface area contributed by atoms with Crippen LogP contribution in [0.3, 0.4) is 0 Å². The highest BCUT2D eigenvalue weighted by Crippen LogP contribution is 2.21. The van der Waals surface area contributed by atoms with E-state index in [9.17, 15) is 0 Å². The van der Waals surface area contributed by atoms with E-state index >= 15 is 0 Å². The molecule has 0 aliphatic heterocycles. The minimum absolute atomic E-state index is 0.512. The second kappa shape index (κ2) is 14.5. The van der Waals surface area contributed by atoms with Crippen LogP contribution in [-0.2, 0) is 9.47 Å². The molecule has 0 saturated carbocycles. The highest BCUT2D eigenvalue weighted by molar-refractivity contribution is 6.00. The third-order valence-electron chi connectivity index (χ3n) is 5.19. The number of amidine groups is 1. The van der Waals surface area contributed by atoms with E-state index in [2.05, 4.69) is 80.9 Å². The first-order valence-electron chi connectivity index (χ1n) is 12.2. The van der Waals surface area contributed by atoms with Gasteiger partial charge in [0.05, 0.1) is 18.9 Å². The van der Waals surface area contributed by atoms with E-state index < -0.39 is 0 Å². The first kappa shape index (κ1) is 27.5. The smallest absolute Gasteiger partial charge is 0.139 e. The topological polar surface area (TPSA) is 59.0 Å². The van der Waals surface area contributed by atoms with Gasteiger partial charge in [0.2, 0.25) is 0 Å². The van der Waals surface area contributed by atoms with Crippen LogP contribution in [-0.4, -0.2) is 62.3 Å². The molecular weight excluding hydrogens is 424 g/mol. The summed E-state index contributed by atoms with van der Waals surface area (Å²) in [6.07, 6.45) is 1.01. The first-order valence-corrected chi connectivity index (χ1v) is 12.2. The van der Waals surface area contributed by atoms with E-state index in [-0.39, 0.29) is 0 Å². The Morgan fingerprint density at radius 1 is 1.12 bits per heavy atom. The summed E-state index contributed by atoms with van der Waals surface area (Å²) in [7, 11) is 2.03. The lowest BCUT2D eigenvalue weighted by Crippen LogP contribution is -2.33. The standard InChI is InChI=1S/C28H42N4O2/c1-8-16-33-17-14-29-24(6)31-28(32(7)15-18-34-20-21(2)3)26-12-13-27(30-23(26)5)25-11-9-10-22(4)19-25/h9-13,19,21,29H,6,8,14-18,20H2,1-5,7H3. The van der Waals surface area contributed by atoms with Crippen LogP contribution in [0.5, 0.6) is 0 Å². The van der Waals surface area contributed by atoms with Crippen molar-refractivity contribution in [1.29, 1.82) is 0 Å². The average Bonchev–Trinajstić information content (AvgIpc) is 2.80. The lowest BCUT2D eigenvalue weighted by molar-refractivity contribution is 0.102. The molecule has 1 aromatic carbocycles. The zero-order valence-corrected chi connectivity index (χ0v) is 21.9. The van der Waals surface area contributed by atoms with Gasteiger partial charge in [0, 0.05) is 50.2 Å². The number of hydrogen-bond donors (Lipinski definition) is 1. The number of nitrogens with one attached hydrogen (secondary N) is 1. The molecule has 0 fully saturated rings. The van der Waals surface area contributed by atoms with Crippen molar-refractivity contribution in [2.75, 3.05) is 46.6 Å². The van der Waals surface area contributed by atoms with Crippen molar-refractivity contribution in [1.82, 2.24) is 15.2 Å². The Bertz CT molecular complexity index is 940. The third-order valence-corrected chi connectivity index (χ3v) is 5.19. The molecule has 0 unspecified atom stereocenters. The number of nitrogens with zero attached hydrogens (tertiary/aromatic N) is 3. The van der Waals surface area contributed by atoms with Gasteiger partial charge in [-0.05, 0) is 44.4 Å². The zero-order valence-electron chi connectivity index (χ0n) is 21.9. The van der Waals surface area contributed by atoms with Gasteiger partial charge in [0.1, 0.15) is 11.7 Å². The van der Waals surface area contributed by atoms with Gasteiger partial charge in [-0.1, -0.05) is 51.1 Å². The number of pyridine rings is 1. The molecular formula is C28H42N4O2. The molecule has 6 nitrogen and oxygen atoms in total. The monoisotopic (exact) mass is 466 g/mol. The Morgan fingerprint density at radius 2 is 1.91 bits per heavy atom. The molecule has 0 bridgehead atoms. The van der Waals surface area contributed by atoms with E-state index in [4.69, 9.17) is 19.5 Å². The maximum absolute atomic E-state index is 5.81. The van der Waals surface area contributed by atoms with Crippen LogP contribution in [0.25, 0.3) is 11.3 Å². The Hall–Kier alpha value is -2.70. The minimum Gasteiger partial charge on any atom is -0.380 e. The highest BCUT2D eigenvalue weighted by atomic mass is 16.5. The number of ether oxygens (including phenoxy) is 2. The van der Waals surface area contributed by atoms with Gasteiger partial charge in [-0.3, -0.25) is 4.98 Å². The van der Waals surface area contributed by atoms with E-state index in [1.54, 1.807) is 0 Å². The van der Waals surface area contributed by atoms with Crippen LogP contribution in [0.1, 0.15) is 44.0 Å². The fraction of sp³-hybridized carbons (Fsp3) is 0.500. The summed E-state index contributed by atoms with van der Waals surface area (Å²) in [6, 6.07) is 12.6. The Labute approximate surface area is 206 Å². The molecule has 0 atom stereocenters. The highest BCUT2D eigenvalue weighted by Gasteiger charge is 2.15. The fourth-order valence-corrected chi connectivity index (χ4v) is 3.42. The van der Waals surface area contributed by atoms with Crippen LogP contribution in [0.2, 0.25) is 0 Å². The number of aliphatic imine (C=N–C) groups is 1. The fourth-order valence-electron chi connectivity index (χ4n) is 3.42. The molecule has 186 valence electrons. The molecule has 1 aromatic heterocycles. The molecule has 0 aliphatic carbocycles. The van der Waals surface area contributed by atoms with Crippen LogP contribution in [0, 0.1) is 19.8 Å². The molecule has 1 N–H and O–H groups in total. The third kappa shape index (κ3) is 9.27. The summed E-state index contributed by atoms with van der Waals surface area (Å²) in [5.41, 5.74) is 5.19. The first-order chi connectivity index (χ1) is 16.3. The summed E-state index contributed by atoms with van der Waals surface area (Å²) in [5.74, 6) is 1.94. The predicted molar refractivity (Wildman–Crippen MR) is 142 cm³/mol. The second-order valence-corrected chi connectivity index (χ2v) is 9.01. The van der Waals surface area contributed by atoms with E-state index in [0.717, 1.165) is 54.5 Å². The largest absolute Gasteiger partial charge is 0.380 e. The van der Waals surface area contributed by atoms with Crippen molar-refractivity contribution >= 4 is 5.84 Å². The van der Waals surface area contributed by atoms with Crippen LogP contribution >= 0.6 is 0 Å². The number of aryl methyl sites for hydroxylation is 2. The zero-order chi connectivity index (χ0) is 24.9. The molecule has 1 heterocycles. The molecule has 2 aromatic rings. The Balaban J connectivity index is 2.22. The molecule has 34 heavy (non-hydrogen) atoms. The SMILES string of the molecule is C=C(N=C(c1ccc(-c2cccc(C)c2)nc1C)N(C)CCOCC(C)C)NCCOCCC. The summed E-state index contributed by atoms with van der Waals surface area (Å²) in [4.78, 5) is 11.9. The van der Waals surface area contributed by atoms with Gasteiger partial charge in [-0.15, -0.1) is 0 Å². The van der Waals surface area contributed by atoms with Gasteiger partial charge < -0.3 is 19.7 Å². The van der Waals surface area contributed by atoms with Crippen molar-refractivity contribution in [2.45, 2.75) is 41.0 Å².